The lowest BCUT2D eigenvalue weighted by atomic mass is 10.1. The summed E-state index contributed by atoms with van der Waals surface area (Å²) in [6.07, 6.45) is 1.94. The van der Waals surface area contributed by atoms with Gasteiger partial charge in [-0.3, -0.25) is 0 Å². The van der Waals surface area contributed by atoms with E-state index in [0.717, 1.165) is 42.6 Å². The smallest absolute Gasteiger partial charge is 0.147 e. The average Bonchev–Trinajstić information content (AvgIpc) is 2.37. The van der Waals surface area contributed by atoms with E-state index in [-0.39, 0.29) is 5.54 Å². The topological polar surface area (TPSA) is 31.4 Å². The summed E-state index contributed by atoms with van der Waals surface area (Å²) < 4.78 is 0. The Balaban J connectivity index is 2.09. The molecule has 1 atom stereocenters. The van der Waals surface area contributed by atoms with Gasteiger partial charge in [0.1, 0.15) is 5.82 Å². The van der Waals surface area contributed by atoms with Gasteiger partial charge in [0.15, 0.2) is 0 Å². The first-order valence-corrected chi connectivity index (χ1v) is 7.99. The van der Waals surface area contributed by atoms with Crippen LogP contribution in [0.2, 0.25) is 5.02 Å². The molecule has 0 spiro atoms. The molecule has 0 aromatic carbocycles. The van der Waals surface area contributed by atoms with Crippen LogP contribution in [0.15, 0.2) is 12.3 Å². The van der Waals surface area contributed by atoms with Crippen LogP contribution in [0.3, 0.4) is 0 Å². The monoisotopic (exact) mass is 310 g/mol. The zero-order chi connectivity index (χ0) is 15.6. The van der Waals surface area contributed by atoms with Gasteiger partial charge in [-0.05, 0) is 46.4 Å². The van der Waals surface area contributed by atoms with Gasteiger partial charge in [0.05, 0.1) is 5.02 Å². The molecule has 4 nitrogen and oxygen atoms in total. The van der Waals surface area contributed by atoms with Crippen molar-refractivity contribution in [3.63, 3.8) is 0 Å². The van der Waals surface area contributed by atoms with Crippen molar-refractivity contribution in [2.45, 2.75) is 45.8 Å². The summed E-state index contributed by atoms with van der Waals surface area (Å²) in [5.74, 6) is 0.914. The van der Waals surface area contributed by atoms with Gasteiger partial charge in [-0.15, -0.1) is 0 Å². The molecular formula is C16H27ClN4. The predicted molar refractivity (Wildman–Crippen MR) is 90.1 cm³/mol. The van der Waals surface area contributed by atoms with E-state index >= 15 is 0 Å². The fraction of sp³-hybridized carbons (Fsp3) is 0.688. The van der Waals surface area contributed by atoms with Crippen LogP contribution in [-0.2, 0) is 6.54 Å². The summed E-state index contributed by atoms with van der Waals surface area (Å²) >= 11 is 6.47. The number of likely N-dealkylation sites (N-methyl/N-ethyl adjacent to an activating group) is 1. The minimum absolute atomic E-state index is 0.0944. The van der Waals surface area contributed by atoms with Gasteiger partial charge in [-0.1, -0.05) is 11.6 Å². The van der Waals surface area contributed by atoms with Crippen LogP contribution in [0.5, 0.6) is 0 Å². The lowest BCUT2D eigenvalue weighted by molar-refractivity contribution is 0.274. The van der Waals surface area contributed by atoms with E-state index in [1.165, 1.54) is 0 Å². The molecule has 21 heavy (non-hydrogen) atoms. The third kappa shape index (κ3) is 4.56. The number of rotatable bonds is 3. The van der Waals surface area contributed by atoms with E-state index in [1.807, 2.05) is 12.3 Å². The second kappa shape index (κ2) is 6.51. The second-order valence-corrected chi connectivity index (χ2v) is 7.46. The Morgan fingerprint density at radius 1 is 1.38 bits per heavy atom. The van der Waals surface area contributed by atoms with E-state index in [9.17, 15) is 0 Å². The number of hydrogen-bond acceptors (Lipinski definition) is 4. The second-order valence-electron chi connectivity index (χ2n) is 7.06. The number of halogens is 1. The lowest BCUT2D eigenvalue weighted by Crippen LogP contribution is -2.51. The fourth-order valence-electron chi connectivity index (χ4n) is 2.60. The summed E-state index contributed by atoms with van der Waals surface area (Å²) in [4.78, 5) is 9.27. The first-order chi connectivity index (χ1) is 9.76. The molecule has 1 fully saturated rings. The van der Waals surface area contributed by atoms with Crippen molar-refractivity contribution in [2.24, 2.45) is 0 Å². The van der Waals surface area contributed by atoms with Gasteiger partial charge in [0, 0.05) is 44.0 Å². The van der Waals surface area contributed by atoms with Crippen LogP contribution >= 0.6 is 11.6 Å². The first kappa shape index (κ1) is 16.5. The van der Waals surface area contributed by atoms with Gasteiger partial charge in [0.25, 0.3) is 0 Å². The molecule has 0 aliphatic carbocycles. The normalized spacial score (nSPS) is 20.9. The molecule has 0 saturated carbocycles. The van der Waals surface area contributed by atoms with Crippen molar-refractivity contribution in [1.82, 2.24) is 15.2 Å². The number of anilines is 1. The predicted octanol–water partition coefficient (Wildman–Crippen LogP) is 2.76. The molecule has 1 saturated heterocycles. The molecule has 1 aliphatic heterocycles. The van der Waals surface area contributed by atoms with E-state index in [2.05, 4.69) is 54.8 Å². The number of nitrogens with zero attached hydrogens (tertiary/aromatic N) is 3. The van der Waals surface area contributed by atoms with Crippen molar-refractivity contribution < 1.29 is 0 Å². The van der Waals surface area contributed by atoms with Crippen molar-refractivity contribution in [1.29, 1.82) is 0 Å². The van der Waals surface area contributed by atoms with Crippen LogP contribution in [-0.4, -0.2) is 48.1 Å². The zero-order valence-electron chi connectivity index (χ0n) is 13.8. The van der Waals surface area contributed by atoms with Crippen molar-refractivity contribution in [3.05, 3.63) is 22.8 Å². The summed E-state index contributed by atoms with van der Waals surface area (Å²) in [7, 11) is 2.16. The molecule has 0 radical (unpaired) electrons. The Morgan fingerprint density at radius 3 is 2.67 bits per heavy atom. The van der Waals surface area contributed by atoms with E-state index < -0.39 is 0 Å². The Bertz CT molecular complexity index is 484. The molecule has 2 rings (SSSR count). The van der Waals surface area contributed by atoms with Gasteiger partial charge in [-0.25, -0.2) is 4.98 Å². The lowest BCUT2D eigenvalue weighted by Gasteiger charge is -2.39. The number of piperazine rings is 1. The molecule has 1 aliphatic rings. The zero-order valence-corrected chi connectivity index (χ0v) is 14.5. The maximum atomic E-state index is 6.47. The van der Waals surface area contributed by atoms with Crippen LogP contribution in [0.1, 0.15) is 33.3 Å². The maximum Gasteiger partial charge on any atom is 0.147 e. The number of aromatic nitrogens is 1. The van der Waals surface area contributed by atoms with Crippen molar-refractivity contribution in [2.75, 3.05) is 31.6 Å². The van der Waals surface area contributed by atoms with Gasteiger partial charge < -0.3 is 15.1 Å². The standard InChI is InChI=1S/C16H27ClN4/c1-12-11-20(5)6-7-21(12)15-14(17)8-13(9-18-15)10-19-16(2,3)4/h8-9,12,19H,6-7,10-11H2,1-5H3. The summed E-state index contributed by atoms with van der Waals surface area (Å²) in [5.41, 5.74) is 1.22. The van der Waals surface area contributed by atoms with Gasteiger partial charge in [0.2, 0.25) is 0 Å². The summed E-state index contributed by atoms with van der Waals surface area (Å²) in [6, 6.07) is 2.47. The highest BCUT2D eigenvalue weighted by molar-refractivity contribution is 6.33. The fourth-order valence-corrected chi connectivity index (χ4v) is 2.90. The minimum Gasteiger partial charge on any atom is -0.350 e. The molecule has 2 heterocycles. The molecule has 1 aromatic rings. The largest absolute Gasteiger partial charge is 0.350 e. The van der Waals surface area contributed by atoms with Gasteiger partial charge in [-0.2, -0.15) is 0 Å². The Kier molecular flexibility index (Phi) is 5.12. The van der Waals surface area contributed by atoms with E-state index in [4.69, 9.17) is 11.6 Å². The Labute approximate surface area is 133 Å². The Morgan fingerprint density at radius 2 is 2.10 bits per heavy atom. The van der Waals surface area contributed by atoms with E-state index in [0.29, 0.717) is 6.04 Å². The highest BCUT2D eigenvalue weighted by Crippen LogP contribution is 2.27. The van der Waals surface area contributed by atoms with Gasteiger partial charge >= 0.3 is 0 Å². The Hall–Kier alpha value is -0.840. The molecule has 1 aromatic heterocycles. The molecule has 1 unspecified atom stereocenters. The van der Waals surface area contributed by atoms with Crippen molar-refractivity contribution >= 4 is 17.4 Å². The third-order valence-corrected chi connectivity index (χ3v) is 4.08. The minimum atomic E-state index is 0.0944. The van der Waals surface area contributed by atoms with Crippen molar-refractivity contribution in [3.8, 4) is 0 Å². The first-order valence-electron chi connectivity index (χ1n) is 7.61. The van der Waals surface area contributed by atoms with Crippen LogP contribution in [0.25, 0.3) is 0 Å². The maximum absolute atomic E-state index is 6.47. The average molecular weight is 311 g/mol. The molecular weight excluding hydrogens is 284 g/mol. The quantitative estimate of drug-likeness (QED) is 0.930. The molecule has 5 heteroatoms. The highest BCUT2D eigenvalue weighted by atomic mass is 35.5. The van der Waals surface area contributed by atoms with Crippen LogP contribution < -0.4 is 10.2 Å². The van der Waals surface area contributed by atoms with Crippen LogP contribution in [0, 0.1) is 0 Å². The number of hydrogen-bond donors (Lipinski definition) is 1. The molecule has 0 amide bonds. The molecule has 1 N–H and O–H groups in total. The number of nitrogens with one attached hydrogen (secondary N) is 1. The molecule has 118 valence electrons. The summed E-state index contributed by atoms with van der Waals surface area (Å²) in [5, 5.41) is 4.21. The highest BCUT2D eigenvalue weighted by Gasteiger charge is 2.24. The van der Waals surface area contributed by atoms with E-state index in [1.54, 1.807) is 0 Å². The van der Waals surface area contributed by atoms with Crippen LogP contribution in [0.4, 0.5) is 5.82 Å². The SMILES string of the molecule is CC1CN(C)CCN1c1ncc(CNC(C)(C)C)cc1Cl. The third-order valence-electron chi connectivity index (χ3n) is 3.80. The number of pyridine rings is 1. The molecule has 0 bridgehead atoms. The summed E-state index contributed by atoms with van der Waals surface area (Å²) in [6.45, 7) is 12.6.